The van der Waals surface area contributed by atoms with Crippen LogP contribution in [0.3, 0.4) is 0 Å². The van der Waals surface area contributed by atoms with Crippen molar-refractivity contribution in [3.63, 3.8) is 0 Å². The Hall–Kier alpha value is -1.77. The molecule has 0 unspecified atom stereocenters. The first kappa shape index (κ1) is 13.9. The summed E-state index contributed by atoms with van der Waals surface area (Å²) in [7, 11) is 0. The molecular formula is C19H22O3. The summed E-state index contributed by atoms with van der Waals surface area (Å²) in [5.41, 5.74) is 4.03. The van der Waals surface area contributed by atoms with E-state index in [0.717, 1.165) is 42.4 Å². The molecule has 4 rings (SSSR count). The number of aryl methyl sites for hydroxylation is 2. The molecule has 2 aliphatic carbocycles. The number of esters is 1. The van der Waals surface area contributed by atoms with E-state index in [4.69, 9.17) is 4.74 Å². The van der Waals surface area contributed by atoms with Crippen LogP contribution in [-0.4, -0.2) is 16.7 Å². The molecule has 1 aliphatic heterocycles. The van der Waals surface area contributed by atoms with Crippen molar-refractivity contribution in [2.24, 2.45) is 0 Å². The first-order valence-corrected chi connectivity index (χ1v) is 8.30. The summed E-state index contributed by atoms with van der Waals surface area (Å²) in [6, 6.07) is 4.35. The van der Waals surface area contributed by atoms with Crippen LogP contribution in [0.1, 0.15) is 66.7 Å². The van der Waals surface area contributed by atoms with Gasteiger partial charge in [-0.2, -0.15) is 0 Å². The van der Waals surface area contributed by atoms with Crippen LogP contribution in [0.25, 0.3) is 5.57 Å². The smallest absolute Gasteiger partial charge is 0.343 e. The molecule has 116 valence electrons. The lowest BCUT2D eigenvalue weighted by Crippen LogP contribution is -2.27. The molecule has 2 fully saturated rings. The molecule has 1 aromatic rings. The lowest BCUT2D eigenvalue weighted by atomic mass is 9.89. The van der Waals surface area contributed by atoms with Crippen molar-refractivity contribution in [2.75, 3.05) is 0 Å². The summed E-state index contributed by atoms with van der Waals surface area (Å²) in [6.45, 7) is 4.06. The SMILES string of the molecule is Cc1cc(C2CC2)cc(C)c1C1=C(O)C2(CCCC2)OC1=O. The van der Waals surface area contributed by atoms with E-state index in [9.17, 15) is 9.90 Å². The van der Waals surface area contributed by atoms with Gasteiger partial charge < -0.3 is 9.84 Å². The molecule has 3 aliphatic rings. The van der Waals surface area contributed by atoms with Crippen LogP contribution in [0.5, 0.6) is 0 Å². The number of hydrogen-bond donors (Lipinski definition) is 1. The summed E-state index contributed by atoms with van der Waals surface area (Å²) in [6.07, 6.45) is 6.01. The summed E-state index contributed by atoms with van der Waals surface area (Å²) in [5.74, 6) is 0.496. The Kier molecular flexibility index (Phi) is 2.91. The van der Waals surface area contributed by atoms with Crippen LogP contribution in [0.15, 0.2) is 17.9 Å². The summed E-state index contributed by atoms with van der Waals surface area (Å²) in [5, 5.41) is 10.7. The molecule has 3 heteroatoms. The maximum absolute atomic E-state index is 12.4. The monoisotopic (exact) mass is 298 g/mol. The van der Waals surface area contributed by atoms with Crippen LogP contribution in [0, 0.1) is 13.8 Å². The predicted molar refractivity (Wildman–Crippen MR) is 84.7 cm³/mol. The highest BCUT2D eigenvalue weighted by Crippen LogP contribution is 2.48. The molecule has 0 bridgehead atoms. The Morgan fingerprint density at radius 3 is 2.27 bits per heavy atom. The molecule has 3 nitrogen and oxygen atoms in total. The number of benzene rings is 1. The summed E-state index contributed by atoms with van der Waals surface area (Å²) in [4.78, 5) is 12.4. The lowest BCUT2D eigenvalue weighted by Gasteiger charge is -2.21. The van der Waals surface area contributed by atoms with Gasteiger partial charge in [0.05, 0.1) is 0 Å². The van der Waals surface area contributed by atoms with Crippen LogP contribution in [-0.2, 0) is 9.53 Å². The van der Waals surface area contributed by atoms with Crippen LogP contribution < -0.4 is 0 Å². The second-order valence-corrected chi connectivity index (χ2v) is 7.12. The molecule has 1 spiro atoms. The normalized spacial score (nSPS) is 23.5. The van der Waals surface area contributed by atoms with Gasteiger partial charge in [0.25, 0.3) is 0 Å². The fourth-order valence-corrected chi connectivity index (χ4v) is 4.15. The highest BCUT2D eigenvalue weighted by atomic mass is 16.6. The fourth-order valence-electron chi connectivity index (χ4n) is 4.15. The molecular weight excluding hydrogens is 276 g/mol. The Bertz CT molecular complexity index is 666. The molecule has 1 N–H and O–H groups in total. The Labute approximate surface area is 131 Å². The largest absolute Gasteiger partial charge is 0.507 e. The quantitative estimate of drug-likeness (QED) is 0.827. The summed E-state index contributed by atoms with van der Waals surface area (Å²) >= 11 is 0. The minimum atomic E-state index is -0.736. The van der Waals surface area contributed by atoms with Gasteiger partial charge in [0, 0.05) is 0 Å². The van der Waals surface area contributed by atoms with E-state index < -0.39 is 5.60 Å². The second kappa shape index (κ2) is 4.61. The Morgan fingerprint density at radius 2 is 1.73 bits per heavy atom. The van der Waals surface area contributed by atoms with Gasteiger partial charge in [-0.05, 0) is 80.5 Å². The van der Waals surface area contributed by atoms with Crippen molar-refractivity contribution in [3.05, 3.63) is 40.1 Å². The zero-order valence-corrected chi connectivity index (χ0v) is 13.2. The van der Waals surface area contributed by atoms with Crippen molar-refractivity contribution in [1.29, 1.82) is 0 Å². The first-order valence-electron chi connectivity index (χ1n) is 8.30. The molecule has 22 heavy (non-hydrogen) atoms. The standard InChI is InChI=1S/C19H22O3/c1-11-9-14(13-5-6-13)10-12(2)15(11)16-17(20)19(22-18(16)21)7-3-4-8-19/h9-10,13,20H,3-8H2,1-2H3. The fraction of sp³-hybridized carbons (Fsp3) is 0.526. The third-order valence-electron chi connectivity index (χ3n) is 5.43. The van der Waals surface area contributed by atoms with Crippen molar-refractivity contribution >= 4 is 11.5 Å². The van der Waals surface area contributed by atoms with Gasteiger partial charge >= 0.3 is 5.97 Å². The Balaban J connectivity index is 1.84. The molecule has 0 atom stereocenters. The van der Waals surface area contributed by atoms with Gasteiger partial charge in [0.1, 0.15) is 5.57 Å². The van der Waals surface area contributed by atoms with Crippen molar-refractivity contribution in [2.45, 2.75) is 63.9 Å². The molecule has 0 aromatic heterocycles. The van der Waals surface area contributed by atoms with E-state index in [1.165, 1.54) is 18.4 Å². The van der Waals surface area contributed by atoms with E-state index in [1.54, 1.807) is 0 Å². The third kappa shape index (κ3) is 1.91. The van der Waals surface area contributed by atoms with Crippen LogP contribution in [0.2, 0.25) is 0 Å². The van der Waals surface area contributed by atoms with E-state index >= 15 is 0 Å². The molecule has 2 saturated carbocycles. The van der Waals surface area contributed by atoms with Gasteiger partial charge in [-0.15, -0.1) is 0 Å². The van der Waals surface area contributed by atoms with E-state index in [2.05, 4.69) is 12.1 Å². The van der Waals surface area contributed by atoms with Gasteiger partial charge in [0.2, 0.25) is 0 Å². The molecule has 1 heterocycles. The van der Waals surface area contributed by atoms with E-state index in [0.29, 0.717) is 11.5 Å². The average molecular weight is 298 g/mol. The van der Waals surface area contributed by atoms with Gasteiger partial charge in [-0.25, -0.2) is 4.79 Å². The minimum absolute atomic E-state index is 0.167. The van der Waals surface area contributed by atoms with Crippen molar-refractivity contribution in [1.82, 2.24) is 0 Å². The number of hydrogen-bond acceptors (Lipinski definition) is 3. The lowest BCUT2D eigenvalue weighted by molar-refractivity contribution is -0.146. The maximum Gasteiger partial charge on any atom is 0.343 e. The zero-order valence-electron chi connectivity index (χ0n) is 13.2. The van der Waals surface area contributed by atoms with E-state index in [-0.39, 0.29) is 11.7 Å². The van der Waals surface area contributed by atoms with Gasteiger partial charge in [-0.3, -0.25) is 0 Å². The van der Waals surface area contributed by atoms with Gasteiger partial charge in [-0.1, -0.05) is 12.1 Å². The maximum atomic E-state index is 12.4. The number of aliphatic hydroxyl groups is 1. The average Bonchev–Trinajstić information content (AvgIpc) is 3.17. The second-order valence-electron chi connectivity index (χ2n) is 7.12. The molecule has 0 saturated heterocycles. The first-order chi connectivity index (χ1) is 10.5. The van der Waals surface area contributed by atoms with Crippen molar-refractivity contribution in [3.8, 4) is 0 Å². The highest BCUT2D eigenvalue weighted by molar-refractivity contribution is 6.20. The molecule has 0 amide bonds. The van der Waals surface area contributed by atoms with Crippen LogP contribution >= 0.6 is 0 Å². The zero-order chi connectivity index (χ0) is 15.5. The minimum Gasteiger partial charge on any atom is -0.507 e. The summed E-state index contributed by atoms with van der Waals surface area (Å²) < 4.78 is 5.63. The van der Waals surface area contributed by atoms with E-state index in [1.807, 2.05) is 13.8 Å². The molecule has 0 radical (unpaired) electrons. The number of carbonyl (C=O) groups excluding carboxylic acids is 1. The van der Waals surface area contributed by atoms with Gasteiger partial charge in [0.15, 0.2) is 11.4 Å². The third-order valence-corrected chi connectivity index (χ3v) is 5.43. The topological polar surface area (TPSA) is 46.5 Å². The van der Waals surface area contributed by atoms with Crippen LogP contribution in [0.4, 0.5) is 0 Å². The molecule has 1 aromatic carbocycles. The highest BCUT2D eigenvalue weighted by Gasteiger charge is 2.50. The predicted octanol–water partition coefficient (Wildman–Crippen LogP) is 4.32. The number of rotatable bonds is 2. The Morgan fingerprint density at radius 1 is 1.14 bits per heavy atom. The van der Waals surface area contributed by atoms with Crippen molar-refractivity contribution < 1.29 is 14.6 Å². The number of ether oxygens (including phenoxy) is 1. The number of aliphatic hydroxyl groups excluding tert-OH is 1. The number of carbonyl (C=O) groups is 1.